The summed E-state index contributed by atoms with van der Waals surface area (Å²) >= 11 is 0. The summed E-state index contributed by atoms with van der Waals surface area (Å²) in [6.07, 6.45) is 5.12. The number of anilines is 1. The Hall–Kier alpha value is -2.53. The molecule has 0 bridgehead atoms. The van der Waals surface area contributed by atoms with Crippen LogP contribution < -0.4 is 15.2 Å². The molecule has 2 aromatic rings. The zero-order chi connectivity index (χ0) is 24.9. The maximum Gasteiger partial charge on any atom is 0.316 e. The van der Waals surface area contributed by atoms with Crippen molar-refractivity contribution in [2.75, 3.05) is 31.1 Å². The maximum atomic E-state index is 13.8. The van der Waals surface area contributed by atoms with Crippen LogP contribution in [0.15, 0.2) is 29.2 Å². The van der Waals surface area contributed by atoms with Crippen molar-refractivity contribution in [1.82, 2.24) is 14.1 Å². The van der Waals surface area contributed by atoms with Gasteiger partial charge in [0.2, 0.25) is 15.8 Å². The summed E-state index contributed by atoms with van der Waals surface area (Å²) in [6, 6.07) is 2.85. The van der Waals surface area contributed by atoms with Gasteiger partial charge in [0.05, 0.1) is 23.2 Å². The van der Waals surface area contributed by atoms with E-state index in [1.807, 2.05) is 4.90 Å². The van der Waals surface area contributed by atoms with E-state index in [0.717, 1.165) is 48.6 Å². The monoisotopic (exact) mass is 508 g/mol. The van der Waals surface area contributed by atoms with E-state index in [1.54, 1.807) is 18.2 Å². The SMILES string of the molecule is CC(C)S(=O)(=O)N1C[C@H]2CN(c3cnn(-c4cc(F)cc(F)c4)c(=O)c3OC3CCCC3)C[C@H]2C1. The Bertz CT molecular complexity index is 1240. The first kappa shape index (κ1) is 24.2. The second-order valence-corrected chi connectivity index (χ2v) is 12.6. The molecule has 11 heteroatoms. The third kappa shape index (κ3) is 4.55. The van der Waals surface area contributed by atoms with Gasteiger partial charge in [-0.2, -0.15) is 9.78 Å². The third-order valence-corrected chi connectivity index (χ3v) is 9.55. The third-order valence-electron chi connectivity index (χ3n) is 7.34. The van der Waals surface area contributed by atoms with Crippen LogP contribution in [-0.2, 0) is 10.0 Å². The van der Waals surface area contributed by atoms with Crippen LogP contribution in [0.5, 0.6) is 5.75 Å². The van der Waals surface area contributed by atoms with Crippen LogP contribution in [0.1, 0.15) is 39.5 Å². The molecule has 0 spiro atoms. The molecule has 5 rings (SSSR count). The lowest BCUT2D eigenvalue weighted by Crippen LogP contribution is -2.37. The molecule has 8 nitrogen and oxygen atoms in total. The molecule has 1 aromatic heterocycles. The van der Waals surface area contributed by atoms with Crippen molar-refractivity contribution in [2.24, 2.45) is 11.8 Å². The van der Waals surface area contributed by atoms with E-state index >= 15 is 0 Å². The number of benzene rings is 1. The van der Waals surface area contributed by atoms with Crippen molar-refractivity contribution >= 4 is 15.7 Å². The molecule has 35 heavy (non-hydrogen) atoms. The van der Waals surface area contributed by atoms with Gasteiger partial charge in [-0.25, -0.2) is 21.5 Å². The molecule has 3 heterocycles. The highest BCUT2D eigenvalue weighted by Gasteiger charge is 2.45. The van der Waals surface area contributed by atoms with Gasteiger partial charge >= 0.3 is 5.56 Å². The van der Waals surface area contributed by atoms with E-state index in [4.69, 9.17) is 4.74 Å². The standard InChI is InChI=1S/C24H30F2N4O4S/c1-15(2)35(32,33)29-13-16-11-28(12-17(16)14-29)22-10-27-30(20-8-18(25)7-19(26)9-20)24(31)23(22)34-21-5-3-4-6-21/h7-10,15-17,21H,3-6,11-14H2,1-2H3/t16-,17+. The van der Waals surface area contributed by atoms with Crippen LogP contribution in [0, 0.1) is 23.5 Å². The van der Waals surface area contributed by atoms with Crippen molar-refractivity contribution in [2.45, 2.75) is 50.9 Å². The van der Waals surface area contributed by atoms with Gasteiger partial charge in [-0.15, -0.1) is 0 Å². The normalized spacial score (nSPS) is 23.4. The molecule has 2 atom stereocenters. The highest BCUT2D eigenvalue weighted by atomic mass is 32.2. The molecular formula is C24H30F2N4O4S. The smallest absolute Gasteiger partial charge is 0.316 e. The molecule has 3 aliphatic rings. The number of ether oxygens (including phenoxy) is 1. The zero-order valence-corrected chi connectivity index (χ0v) is 20.7. The van der Waals surface area contributed by atoms with Crippen molar-refractivity contribution < 1.29 is 21.9 Å². The van der Waals surface area contributed by atoms with Gasteiger partial charge in [0.15, 0.2) is 0 Å². The van der Waals surface area contributed by atoms with Crippen LogP contribution in [0.2, 0.25) is 0 Å². The molecule has 1 saturated carbocycles. The number of hydrogen-bond donors (Lipinski definition) is 0. The van der Waals surface area contributed by atoms with Gasteiger partial charge in [-0.3, -0.25) is 4.79 Å². The number of aromatic nitrogens is 2. The number of sulfonamides is 1. The Morgan fingerprint density at radius 3 is 2.17 bits per heavy atom. The Morgan fingerprint density at radius 1 is 1.00 bits per heavy atom. The maximum absolute atomic E-state index is 13.8. The Morgan fingerprint density at radius 2 is 1.60 bits per heavy atom. The first-order valence-electron chi connectivity index (χ1n) is 12.1. The molecule has 1 aliphatic carbocycles. The molecule has 0 unspecified atom stereocenters. The first-order chi connectivity index (χ1) is 16.6. The van der Waals surface area contributed by atoms with E-state index in [0.29, 0.717) is 31.9 Å². The second kappa shape index (κ2) is 9.16. The lowest BCUT2D eigenvalue weighted by atomic mass is 10.0. The van der Waals surface area contributed by atoms with Crippen molar-refractivity contribution in [3.63, 3.8) is 0 Å². The highest BCUT2D eigenvalue weighted by molar-refractivity contribution is 7.89. The Balaban J connectivity index is 1.45. The molecule has 2 aliphatic heterocycles. The molecular weight excluding hydrogens is 478 g/mol. The van der Waals surface area contributed by atoms with Crippen LogP contribution in [0.25, 0.3) is 5.69 Å². The fourth-order valence-electron chi connectivity index (χ4n) is 5.44. The topological polar surface area (TPSA) is 84.7 Å². The minimum absolute atomic E-state index is 0.0110. The van der Waals surface area contributed by atoms with Crippen molar-refractivity contribution in [3.8, 4) is 11.4 Å². The van der Waals surface area contributed by atoms with Crippen LogP contribution in [0.4, 0.5) is 14.5 Å². The largest absolute Gasteiger partial charge is 0.483 e. The fraction of sp³-hybridized carbons (Fsp3) is 0.583. The summed E-state index contributed by atoms with van der Waals surface area (Å²) in [4.78, 5) is 15.5. The van der Waals surface area contributed by atoms with E-state index in [9.17, 15) is 22.0 Å². The lowest BCUT2D eigenvalue weighted by molar-refractivity contribution is 0.206. The van der Waals surface area contributed by atoms with E-state index in [2.05, 4.69) is 5.10 Å². The van der Waals surface area contributed by atoms with Gasteiger partial charge in [0, 0.05) is 32.2 Å². The summed E-state index contributed by atoms with van der Waals surface area (Å²) in [5.74, 6) is -1.19. The highest BCUT2D eigenvalue weighted by Crippen LogP contribution is 2.38. The molecule has 0 N–H and O–H groups in total. The lowest BCUT2D eigenvalue weighted by Gasteiger charge is -2.26. The number of nitrogens with zero attached hydrogens (tertiary/aromatic N) is 4. The molecule has 190 valence electrons. The van der Waals surface area contributed by atoms with Crippen LogP contribution in [-0.4, -0.2) is 60.0 Å². The molecule has 3 fully saturated rings. The summed E-state index contributed by atoms with van der Waals surface area (Å²) in [5.41, 5.74) is -0.0358. The van der Waals surface area contributed by atoms with E-state index < -0.39 is 32.5 Å². The van der Waals surface area contributed by atoms with Crippen LogP contribution >= 0.6 is 0 Å². The summed E-state index contributed by atoms with van der Waals surface area (Å²) in [6.45, 7) is 5.44. The minimum atomic E-state index is -3.31. The molecule has 1 aromatic carbocycles. The minimum Gasteiger partial charge on any atom is -0.483 e. The quantitative estimate of drug-likeness (QED) is 0.597. The van der Waals surface area contributed by atoms with Crippen LogP contribution in [0.3, 0.4) is 0 Å². The fourth-order valence-corrected chi connectivity index (χ4v) is 6.83. The van der Waals surface area contributed by atoms with Gasteiger partial charge in [0.25, 0.3) is 0 Å². The average Bonchev–Trinajstić information content (AvgIpc) is 3.51. The van der Waals surface area contributed by atoms with Gasteiger partial charge in [0.1, 0.15) is 17.3 Å². The number of halogens is 2. The molecule has 0 amide bonds. The molecule has 2 saturated heterocycles. The van der Waals surface area contributed by atoms with E-state index in [1.165, 1.54) is 6.20 Å². The first-order valence-corrected chi connectivity index (χ1v) is 13.6. The second-order valence-electron chi connectivity index (χ2n) is 10.1. The predicted octanol–water partition coefficient (Wildman–Crippen LogP) is 2.94. The summed E-state index contributed by atoms with van der Waals surface area (Å²) < 4.78 is 61.6. The average molecular weight is 509 g/mol. The molecule has 0 radical (unpaired) electrons. The zero-order valence-electron chi connectivity index (χ0n) is 19.9. The van der Waals surface area contributed by atoms with E-state index in [-0.39, 0.29) is 29.4 Å². The van der Waals surface area contributed by atoms with Crippen molar-refractivity contribution in [3.05, 3.63) is 46.4 Å². The number of rotatable bonds is 6. The van der Waals surface area contributed by atoms with Crippen molar-refractivity contribution in [1.29, 1.82) is 0 Å². The Kier molecular flexibility index (Phi) is 6.33. The van der Waals surface area contributed by atoms with Gasteiger partial charge < -0.3 is 9.64 Å². The van der Waals surface area contributed by atoms with Gasteiger partial charge in [-0.1, -0.05) is 0 Å². The summed E-state index contributed by atoms with van der Waals surface area (Å²) in [5, 5.41) is 3.76. The number of fused-ring (bicyclic) bond motifs is 1. The van der Waals surface area contributed by atoms with Gasteiger partial charge in [-0.05, 0) is 63.5 Å². The Labute approximate surface area is 203 Å². The summed E-state index contributed by atoms with van der Waals surface area (Å²) in [7, 11) is -3.31. The number of hydrogen-bond acceptors (Lipinski definition) is 6. The predicted molar refractivity (Wildman–Crippen MR) is 127 cm³/mol.